The monoisotopic (exact) mass is 279 g/mol. The molecule has 1 aromatic carbocycles. The molecule has 0 unspecified atom stereocenters. The molecule has 6 heteroatoms. The molecule has 1 N–H and O–H groups in total. The third kappa shape index (κ3) is 2.78. The van der Waals surface area contributed by atoms with Crippen molar-refractivity contribution in [2.45, 2.75) is 18.2 Å². The molecule has 1 aliphatic heterocycles. The van der Waals surface area contributed by atoms with Crippen molar-refractivity contribution in [2.75, 3.05) is 17.2 Å². The van der Waals surface area contributed by atoms with Crippen LogP contribution in [0.4, 0.5) is 5.69 Å². The predicted octanol–water partition coefficient (Wildman–Crippen LogP) is 1.80. The fourth-order valence-corrected chi connectivity index (χ4v) is 2.80. The summed E-state index contributed by atoms with van der Waals surface area (Å²) < 4.78 is 0. The van der Waals surface area contributed by atoms with Gasteiger partial charge in [0.05, 0.1) is 11.4 Å². The van der Waals surface area contributed by atoms with Gasteiger partial charge in [-0.1, -0.05) is 13.0 Å². The lowest BCUT2D eigenvalue weighted by Gasteiger charge is -2.27. The number of carboxylic acids is 1. The van der Waals surface area contributed by atoms with Crippen LogP contribution in [0.15, 0.2) is 23.1 Å². The summed E-state index contributed by atoms with van der Waals surface area (Å²) in [7, 11) is 0. The number of aliphatic carboxylic acids is 1. The van der Waals surface area contributed by atoms with Crippen LogP contribution in [0.25, 0.3) is 0 Å². The highest BCUT2D eigenvalue weighted by Crippen LogP contribution is 2.36. The second-order valence-corrected chi connectivity index (χ2v) is 5.14. The molecule has 0 aliphatic carbocycles. The molecule has 0 aromatic heterocycles. The van der Waals surface area contributed by atoms with Gasteiger partial charge in [0.15, 0.2) is 5.78 Å². The molecule has 0 saturated carbocycles. The maximum absolute atomic E-state index is 11.8. The Morgan fingerprint density at radius 1 is 1.42 bits per heavy atom. The van der Waals surface area contributed by atoms with Gasteiger partial charge < -0.3 is 5.11 Å². The van der Waals surface area contributed by atoms with E-state index in [1.165, 1.54) is 16.7 Å². The van der Waals surface area contributed by atoms with E-state index in [9.17, 15) is 14.4 Å². The lowest BCUT2D eigenvalue weighted by atomic mass is 10.1. The molecule has 0 radical (unpaired) electrons. The van der Waals surface area contributed by atoms with Crippen molar-refractivity contribution in [3.63, 3.8) is 0 Å². The number of carboxylic acid groups (broad SMARTS) is 1. The van der Waals surface area contributed by atoms with Crippen molar-refractivity contribution in [1.82, 2.24) is 0 Å². The van der Waals surface area contributed by atoms with E-state index in [-0.39, 0.29) is 24.0 Å². The molecular formula is C13H13NO4S. The Hall–Kier alpha value is -1.82. The molecule has 1 aliphatic rings. The Bertz CT molecular complexity index is 556. The van der Waals surface area contributed by atoms with Gasteiger partial charge >= 0.3 is 5.97 Å². The molecule has 0 fully saturated rings. The maximum Gasteiger partial charge on any atom is 0.323 e. The van der Waals surface area contributed by atoms with E-state index in [0.29, 0.717) is 17.7 Å². The highest BCUT2D eigenvalue weighted by atomic mass is 32.2. The first kappa shape index (κ1) is 13.6. The summed E-state index contributed by atoms with van der Waals surface area (Å²) in [4.78, 5) is 36.4. The molecule has 1 heterocycles. The molecule has 0 atom stereocenters. The number of rotatable bonds is 4. The number of hydrogen-bond acceptors (Lipinski definition) is 4. The van der Waals surface area contributed by atoms with Crippen LogP contribution in [0, 0.1) is 0 Å². The van der Waals surface area contributed by atoms with Crippen LogP contribution < -0.4 is 4.90 Å². The number of carbonyl (C=O) groups excluding carboxylic acids is 2. The van der Waals surface area contributed by atoms with Gasteiger partial charge in [0.1, 0.15) is 6.54 Å². The Labute approximate surface area is 114 Å². The van der Waals surface area contributed by atoms with Crippen molar-refractivity contribution >= 4 is 35.1 Å². The van der Waals surface area contributed by atoms with Crippen LogP contribution in [-0.4, -0.2) is 35.1 Å². The van der Waals surface area contributed by atoms with Crippen LogP contribution in [0.3, 0.4) is 0 Å². The molecular weight excluding hydrogens is 266 g/mol. The molecule has 19 heavy (non-hydrogen) atoms. The maximum atomic E-state index is 11.8. The van der Waals surface area contributed by atoms with E-state index in [0.717, 1.165) is 4.90 Å². The van der Waals surface area contributed by atoms with E-state index >= 15 is 0 Å². The quantitative estimate of drug-likeness (QED) is 0.851. The topological polar surface area (TPSA) is 74.7 Å². The van der Waals surface area contributed by atoms with E-state index in [1.54, 1.807) is 25.1 Å². The minimum atomic E-state index is -1.07. The average molecular weight is 279 g/mol. The summed E-state index contributed by atoms with van der Waals surface area (Å²) in [6.07, 6.45) is 0.374. The smallest absolute Gasteiger partial charge is 0.323 e. The minimum absolute atomic E-state index is 0.0268. The summed E-state index contributed by atoms with van der Waals surface area (Å²) in [5.41, 5.74) is 1.02. The fraction of sp³-hybridized carbons (Fsp3) is 0.308. The number of amides is 1. The lowest BCUT2D eigenvalue weighted by molar-refractivity contribution is -0.136. The van der Waals surface area contributed by atoms with Crippen molar-refractivity contribution in [2.24, 2.45) is 0 Å². The number of Topliss-reactive ketones (excluding diaryl/α,β-unsaturated/α-hetero) is 1. The van der Waals surface area contributed by atoms with Crippen LogP contribution in [0.1, 0.15) is 23.7 Å². The van der Waals surface area contributed by atoms with Crippen molar-refractivity contribution < 1.29 is 19.5 Å². The van der Waals surface area contributed by atoms with Gasteiger partial charge in [-0.05, 0) is 12.1 Å². The highest BCUT2D eigenvalue weighted by molar-refractivity contribution is 8.00. The van der Waals surface area contributed by atoms with Crippen molar-refractivity contribution in [3.05, 3.63) is 23.8 Å². The SMILES string of the molecule is CCC(=O)c1ccc2c(c1)N(CC(=O)O)C(=O)CS2. The number of thioether (sulfide) groups is 1. The first-order valence-corrected chi connectivity index (χ1v) is 6.83. The van der Waals surface area contributed by atoms with Crippen LogP contribution >= 0.6 is 11.8 Å². The Morgan fingerprint density at radius 2 is 2.16 bits per heavy atom. The summed E-state index contributed by atoms with van der Waals surface area (Å²) in [6, 6.07) is 5.09. The first-order valence-electron chi connectivity index (χ1n) is 5.85. The number of nitrogens with zero attached hydrogens (tertiary/aromatic N) is 1. The van der Waals surface area contributed by atoms with E-state index < -0.39 is 5.97 Å². The molecule has 0 spiro atoms. The minimum Gasteiger partial charge on any atom is -0.480 e. The number of ketones is 1. The van der Waals surface area contributed by atoms with Crippen LogP contribution in [0.5, 0.6) is 0 Å². The summed E-state index contributed by atoms with van der Waals surface area (Å²) in [5.74, 6) is -1.12. The summed E-state index contributed by atoms with van der Waals surface area (Å²) in [6.45, 7) is 1.38. The van der Waals surface area contributed by atoms with Crippen LogP contribution in [0.2, 0.25) is 0 Å². The van der Waals surface area contributed by atoms with Crippen molar-refractivity contribution in [3.8, 4) is 0 Å². The van der Waals surface area contributed by atoms with Crippen molar-refractivity contribution in [1.29, 1.82) is 0 Å². The van der Waals surface area contributed by atoms with Gasteiger partial charge in [0.25, 0.3) is 0 Å². The zero-order valence-electron chi connectivity index (χ0n) is 10.4. The zero-order chi connectivity index (χ0) is 14.0. The van der Waals surface area contributed by atoms with Gasteiger partial charge in [-0.2, -0.15) is 0 Å². The number of benzene rings is 1. The largest absolute Gasteiger partial charge is 0.480 e. The van der Waals surface area contributed by atoms with Gasteiger partial charge in [0, 0.05) is 16.9 Å². The fourth-order valence-electron chi connectivity index (χ4n) is 1.89. The third-order valence-electron chi connectivity index (χ3n) is 2.84. The Balaban J connectivity index is 2.43. The average Bonchev–Trinajstić information content (AvgIpc) is 2.40. The molecule has 5 nitrogen and oxygen atoms in total. The van der Waals surface area contributed by atoms with E-state index in [4.69, 9.17) is 5.11 Å². The number of fused-ring (bicyclic) bond motifs is 1. The molecule has 0 bridgehead atoms. The van der Waals surface area contributed by atoms with Gasteiger partial charge in [0.2, 0.25) is 5.91 Å². The lowest BCUT2D eigenvalue weighted by Crippen LogP contribution is -2.39. The Kier molecular flexibility index (Phi) is 3.90. The number of anilines is 1. The summed E-state index contributed by atoms with van der Waals surface area (Å²) in [5, 5.41) is 8.87. The van der Waals surface area contributed by atoms with Crippen LogP contribution in [-0.2, 0) is 9.59 Å². The number of carbonyl (C=O) groups is 3. The molecule has 1 amide bonds. The van der Waals surface area contributed by atoms with E-state index in [2.05, 4.69) is 0 Å². The highest BCUT2D eigenvalue weighted by Gasteiger charge is 2.27. The molecule has 0 saturated heterocycles. The molecule has 100 valence electrons. The first-order chi connectivity index (χ1) is 9.02. The zero-order valence-corrected chi connectivity index (χ0v) is 11.2. The Morgan fingerprint density at radius 3 is 2.79 bits per heavy atom. The molecule has 2 rings (SSSR count). The normalized spacial score (nSPS) is 14.2. The van der Waals surface area contributed by atoms with E-state index in [1.807, 2.05) is 0 Å². The summed E-state index contributed by atoms with van der Waals surface area (Å²) >= 11 is 1.36. The van der Waals surface area contributed by atoms with Gasteiger partial charge in [-0.3, -0.25) is 19.3 Å². The van der Waals surface area contributed by atoms with Gasteiger partial charge in [-0.15, -0.1) is 11.8 Å². The number of hydrogen-bond donors (Lipinski definition) is 1. The predicted molar refractivity (Wildman–Crippen MR) is 71.8 cm³/mol. The molecule has 1 aromatic rings. The second kappa shape index (κ2) is 5.44. The van der Waals surface area contributed by atoms with Gasteiger partial charge in [-0.25, -0.2) is 0 Å². The third-order valence-corrected chi connectivity index (χ3v) is 3.89. The second-order valence-electron chi connectivity index (χ2n) is 4.12. The standard InChI is InChI=1S/C13H13NO4S/c1-2-10(15)8-3-4-11-9(5-8)14(6-13(17)18)12(16)7-19-11/h3-5H,2,6-7H2,1H3,(H,17,18).